The summed E-state index contributed by atoms with van der Waals surface area (Å²) in [6, 6.07) is 3.31. The Morgan fingerprint density at radius 1 is 1.14 bits per heavy atom. The van der Waals surface area contributed by atoms with Gasteiger partial charge in [0.15, 0.2) is 0 Å². The van der Waals surface area contributed by atoms with Crippen molar-refractivity contribution < 1.29 is 14.0 Å². The molecule has 0 spiro atoms. The molecule has 0 radical (unpaired) electrons. The molecule has 1 aromatic rings. The van der Waals surface area contributed by atoms with Gasteiger partial charge in [0.05, 0.1) is 6.04 Å². The van der Waals surface area contributed by atoms with Gasteiger partial charge >= 0.3 is 0 Å². The molecule has 2 N–H and O–H groups in total. The molecule has 0 saturated carbocycles. The zero-order chi connectivity index (χ0) is 16.0. The van der Waals surface area contributed by atoms with Gasteiger partial charge in [-0.3, -0.25) is 9.59 Å². The first kappa shape index (κ1) is 17.1. The van der Waals surface area contributed by atoms with E-state index in [1.54, 1.807) is 33.0 Å². The molecule has 5 heteroatoms. The standard InChI is InChI=1S/C16H23FN2O2/c1-10-8-13(9-11(2)16(10)17)12(3)19-15(21)7-5-6-14(20)18-4/h8-9,12H,5-7H2,1-4H3,(H,18,20)(H,19,21)/t12-/m1/s1. The molecule has 1 rings (SSSR count). The highest BCUT2D eigenvalue weighted by atomic mass is 19.1. The molecule has 0 unspecified atom stereocenters. The minimum Gasteiger partial charge on any atom is -0.359 e. The van der Waals surface area contributed by atoms with E-state index in [1.807, 2.05) is 6.92 Å². The number of rotatable bonds is 6. The lowest BCUT2D eigenvalue weighted by Gasteiger charge is -2.16. The summed E-state index contributed by atoms with van der Waals surface area (Å²) in [5.41, 5.74) is 2.03. The Kier molecular flexibility index (Phi) is 6.34. The maximum absolute atomic E-state index is 13.6. The molecule has 1 atom stereocenters. The average molecular weight is 294 g/mol. The lowest BCUT2D eigenvalue weighted by atomic mass is 10.0. The summed E-state index contributed by atoms with van der Waals surface area (Å²) < 4.78 is 13.6. The first-order valence-electron chi connectivity index (χ1n) is 7.11. The lowest BCUT2D eigenvalue weighted by Crippen LogP contribution is -2.27. The van der Waals surface area contributed by atoms with E-state index in [-0.39, 0.29) is 23.7 Å². The number of carbonyl (C=O) groups excluding carboxylic acids is 2. The van der Waals surface area contributed by atoms with E-state index in [0.29, 0.717) is 30.4 Å². The van der Waals surface area contributed by atoms with Gasteiger partial charge in [-0.05, 0) is 43.9 Å². The van der Waals surface area contributed by atoms with Gasteiger partial charge in [0.25, 0.3) is 0 Å². The zero-order valence-corrected chi connectivity index (χ0v) is 13.0. The third kappa shape index (κ3) is 5.17. The van der Waals surface area contributed by atoms with Crippen molar-refractivity contribution in [2.75, 3.05) is 7.05 Å². The molecule has 0 bridgehead atoms. The SMILES string of the molecule is CNC(=O)CCCC(=O)N[C@H](C)c1cc(C)c(F)c(C)c1. The van der Waals surface area contributed by atoms with Crippen molar-refractivity contribution >= 4 is 11.8 Å². The van der Waals surface area contributed by atoms with Gasteiger partial charge < -0.3 is 10.6 Å². The number of hydrogen-bond donors (Lipinski definition) is 2. The van der Waals surface area contributed by atoms with Crippen molar-refractivity contribution in [2.24, 2.45) is 0 Å². The third-order valence-electron chi connectivity index (χ3n) is 3.42. The van der Waals surface area contributed by atoms with Gasteiger partial charge in [-0.25, -0.2) is 4.39 Å². The van der Waals surface area contributed by atoms with Crippen LogP contribution in [0.3, 0.4) is 0 Å². The van der Waals surface area contributed by atoms with Crippen LogP contribution < -0.4 is 10.6 Å². The van der Waals surface area contributed by atoms with E-state index in [0.717, 1.165) is 5.56 Å². The van der Waals surface area contributed by atoms with E-state index in [2.05, 4.69) is 10.6 Å². The summed E-state index contributed by atoms with van der Waals surface area (Å²) in [5, 5.41) is 5.39. The Bertz CT molecular complexity index is 506. The maximum atomic E-state index is 13.6. The normalized spacial score (nSPS) is 11.9. The molecule has 0 aromatic heterocycles. The Morgan fingerprint density at radius 3 is 2.19 bits per heavy atom. The van der Waals surface area contributed by atoms with Crippen LogP contribution in [0.15, 0.2) is 12.1 Å². The Hall–Kier alpha value is -1.91. The lowest BCUT2D eigenvalue weighted by molar-refractivity contribution is -0.122. The molecule has 1 aromatic carbocycles. The van der Waals surface area contributed by atoms with Gasteiger partial charge in [0.1, 0.15) is 5.82 Å². The van der Waals surface area contributed by atoms with E-state index < -0.39 is 0 Å². The number of carbonyl (C=O) groups is 2. The first-order valence-corrected chi connectivity index (χ1v) is 7.11. The molecule has 116 valence electrons. The Balaban J connectivity index is 2.55. The van der Waals surface area contributed by atoms with Crippen molar-refractivity contribution in [1.82, 2.24) is 10.6 Å². The summed E-state index contributed by atoms with van der Waals surface area (Å²) in [6.07, 6.45) is 1.16. The van der Waals surface area contributed by atoms with Crippen LogP contribution in [0.2, 0.25) is 0 Å². The molecule has 0 aliphatic rings. The molecule has 4 nitrogen and oxygen atoms in total. The highest BCUT2D eigenvalue weighted by molar-refractivity contribution is 5.78. The van der Waals surface area contributed by atoms with Gasteiger partial charge in [-0.1, -0.05) is 12.1 Å². The fourth-order valence-corrected chi connectivity index (χ4v) is 2.16. The summed E-state index contributed by atoms with van der Waals surface area (Å²) in [5.74, 6) is -0.380. The number of benzene rings is 1. The van der Waals surface area contributed by atoms with Crippen LogP contribution in [0.5, 0.6) is 0 Å². The minimum atomic E-state index is -0.206. The second kappa shape index (κ2) is 7.76. The predicted octanol–water partition coefficient (Wildman–Crippen LogP) is 2.54. The summed E-state index contributed by atoms with van der Waals surface area (Å²) >= 11 is 0. The quantitative estimate of drug-likeness (QED) is 0.847. The minimum absolute atomic E-state index is 0.0689. The van der Waals surface area contributed by atoms with Crippen molar-refractivity contribution in [2.45, 2.75) is 46.1 Å². The predicted molar refractivity (Wildman–Crippen MR) is 80.3 cm³/mol. The van der Waals surface area contributed by atoms with Crippen molar-refractivity contribution in [1.29, 1.82) is 0 Å². The van der Waals surface area contributed by atoms with Crippen molar-refractivity contribution in [3.63, 3.8) is 0 Å². The monoisotopic (exact) mass is 294 g/mol. The maximum Gasteiger partial charge on any atom is 0.220 e. The number of nitrogens with one attached hydrogen (secondary N) is 2. The van der Waals surface area contributed by atoms with Gasteiger partial charge in [-0.2, -0.15) is 0 Å². The molecule has 0 saturated heterocycles. The fraction of sp³-hybridized carbons (Fsp3) is 0.500. The molecular weight excluding hydrogens is 271 g/mol. The first-order chi connectivity index (χ1) is 9.85. The second-order valence-corrected chi connectivity index (χ2v) is 5.28. The molecule has 0 fully saturated rings. The molecule has 0 aliphatic carbocycles. The average Bonchev–Trinajstić information content (AvgIpc) is 2.43. The molecular formula is C16H23FN2O2. The fourth-order valence-electron chi connectivity index (χ4n) is 2.16. The second-order valence-electron chi connectivity index (χ2n) is 5.28. The summed E-state index contributed by atoms with van der Waals surface area (Å²) in [7, 11) is 1.57. The van der Waals surface area contributed by atoms with Crippen LogP contribution in [0.1, 0.15) is 48.9 Å². The van der Waals surface area contributed by atoms with E-state index in [9.17, 15) is 14.0 Å². The Labute approximate surface area is 125 Å². The van der Waals surface area contributed by atoms with Gasteiger partial charge in [0.2, 0.25) is 11.8 Å². The smallest absolute Gasteiger partial charge is 0.220 e. The van der Waals surface area contributed by atoms with Crippen molar-refractivity contribution in [3.05, 3.63) is 34.6 Å². The van der Waals surface area contributed by atoms with Crippen LogP contribution in [-0.2, 0) is 9.59 Å². The number of halogens is 1. The summed E-state index contributed by atoms with van der Waals surface area (Å²) in [4.78, 5) is 22.9. The van der Waals surface area contributed by atoms with Crippen LogP contribution in [-0.4, -0.2) is 18.9 Å². The van der Waals surface area contributed by atoms with Crippen LogP contribution >= 0.6 is 0 Å². The molecule has 0 aliphatic heterocycles. The molecule has 21 heavy (non-hydrogen) atoms. The van der Waals surface area contributed by atoms with Gasteiger partial charge in [0, 0.05) is 19.9 Å². The zero-order valence-electron chi connectivity index (χ0n) is 13.0. The van der Waals surface area contributed by atoms with Gasteiger partial charge in [-0.15, -0.1) is 0 Å². The van der Waals surface area contributed by atoms with E-state index in [1.165, 1.54) is 0 Å². The number of aryl methyl sites for hydroxylation is 2. The third-order valence-corrected chi connectivity index (χ3v) is 3.42. The Morgan fingerprint density at radius 2 is 1.67 bits per heavy atom. The van der Waals surface area contributed by atoms with Crippen LogP contribution in [0, 0.1) is 19.7 Å². The van der Waals surface area contributed by atoms with Crippen molar-refractivity contribution in [3.8, 4) is 0 Å². The van der Waals surface area contributed by atoms with Crippen LogP contribution in [0.25, 0.3) is 0 Å². The topological polar surface area (TPSA) is 58.2 Å². The molecule has 0 heterocycles. The van der Waals surface area contributed by atoms with Crippen LogP contribution in [0.4, 0.5) is 4.39 Å². The summed E-state index contributed by atoms with van der Waals surface area (Å²) in [6.45, 7) is 5.29. The molecule has 2 amide bonds. The highest BCUT2D eigenvalue weighted by Crippen LogP contribution is 2.20. The van der Waals surface area contributed by atoms with E-state index in [4.69, 9.17) is 0 Å². The number of hydrogen-bond acceptors (Lipinski definition) is 2. The largest absolute Gasteiger partial charge is 0.359 e. The highest BCUT2D eigenvalue weighted by Gasteiger charge is 2.13. The number of amides is 2. The van der Waals surface area contributed by atoms with E-state index >= 15 is 0 Å².